The van der Waals surface area contributed by atoms with Crippen LogP contribution in [-0.2, 0) is 6.61 Å². The molecule has 2 aromatic heterocycles. The summed E-state index contributed by atoms with van der Waals surface area (Å²) in [5, 5.41) is 15.4. The SMILES string of the molecule is CC1(N)CCN(c2cc(CO)c(-c3cccc(Cl)c3Cl)c3ncnn23)CC1. The third-order valence-electron chi connectivity index (χ3n) is 5.23. The molecule has 0 unspecified atom stereocenters. The number of pyridine rings is 1. The van der Waals surface area contributed by atoms with Crippen molar-refractivity contribution >= 4 is 34.7 Å². The third-order valence-corrected chi connectivity index (χ3v) is 6.05. The van der Waals surface area contributed by atoms with Crippen LogP contribution in [0, 0.1) is 0 Å². The highest BCUT2D eigenvalue weighted by Gasteiger charge is 2.28. The van der Waals surface area contributed by atoms with Gasteiger partial charge in [0.15, 0.2) is 5.65 Å². The average Bonchev–Trinajstić information content (AvgIpc) is 3.13. The second kappa shape index (κ2) is 6.95. The van der Waals surface area contributed by atoms with Crippen LogP contribution in [-0.4, -0.2) is 38.3 Å². The number of piperidine rings is 1. The van der Waals surface area contributed by atoms with Crippen LogP contribution in [0.4, 0.5) is 5.82 Å². The number of nitrogens with two attached hydrogens (primary N) is 1. The molecule has 3 N–H and O–H groups in total. The van der Waals surface area contributed by atoms with Gasteiger partial charge in [-0.3, -0.25) is 0 Å². The molecular formula is C19H21Cl2N5O. The molecule has 6 nitrogen and oxygen atoms in total. The van der Waals surface area contributed by atoms with Crippen molar-refractivity contribution in [3.63, 3.8) is 0 Å². The lowest BCUT2D eigenvalue weighted by atomic mass is 9.91. The molecule has 0 amide bonds. The Morgan fingerprint density at radius 2 is 2.00 bits per heavy atom. The fraction of sp³-hybridized carbons (Fsp3) is 0.368. The second-order valence-electron chi connectivity index (χ2n) is 7.30. The Morgan fingerprint density at radius 1 is 1.26 bits per heavy atom. The number of aromatic nitrogens is 3. The molecular weight excluding hydrogens is 385 g/mol. The standard InChI is InChI=1S/C19H21Cl2N5O/c1-19(22)5-7-25(8-6-19)15-9-12(10-27)16(18-23-11-24-26(15)18)13-3-2-4-14(20)17(13)21/h2-4,9,11,27H,5-8,10,22H2,1H3. The minimum atomic E-state index is -0.147. The van der Waals surface area contributed by atoms with Crippen LogP contribution in [0.15, 0.2) is 30.6 Å². The number of aliphatic hydroxyl groups excluding tert-OH is 1. The fourth-order valence-corrected chi connectivity index (χ4v) is 3.99. The van der Waals surface area contributed by atoms with Crippen molar-refractivity contribution in [1.29, 1.82) is 0 Å². The van der Waals surface area contributed by atoms with Crippen molar-refractivity contribution in [2.24, 2.45) is 5.73 Å². The van der Waals surface area contributed by atoms with Crippen LogP contribution in [0.1, 0.15) is 25.3 Å². The summed E-state index contributed by atoms with van der Waals surface area (Å²) in [7, 11) is 0. The molecule has 4 rings (SSSR count). The average molecular weight is 406 g/mol. The van der Waals surface area contributed by atoms with Gasteiger partial charge >= 0.3 is 0 Å². The van der Waals surface area contributed by atoms with E-state index >= 15 is 0 Å². The number of halogens is 2. The first-order valence-corrected chi connectivity index (χ1v) is 9.61. The van der Waals surface area contributed by atoms with E-state index in [0.29, 0.717) is 15.7 Å². The summed E-state index contributed by atoms with van der Waals surface area (Å²) < 4.78 is 1.80. The van der Waals surface area contributed by atoms with E-state index in [9.17, 15) is 5.11 Å². The molecule has 1 aliphatic rings. The van der Waals surface area contributed by atoms with E-state index < -0.39 is 0 Å². The number of fused-ring (bicyclic) bond motifs is 1. The van der Waals surface area contributed by atoms with E-state index in [4.69, 9.17) is 28.9 Å². The zero-order chi connectivity index (χ0) is 19.2. The number of benzene rings is 1. The largest absolute Gasteiger partial charge is 0.392 e. The molecule has 1 saturated heterocycles. The van der Waals surface area contributed by atoms with Crippen LogP contribution in [0.5, 0.6) is 0 Å². The van der Waals surface area contributed by atoms with Gasteiger partial charge in [-0.25, -0.2) is 4.98 Å². The van der Waals surface area contributed by atoms with Gasteiger partial charge in [0.05, 0.1) is 16.7 Å². The summed E-state index contributed by atoms with van der Waals surface area (Å²) in [5.41, 5.74) is 8.97. The van der Waals surface area contributed by atoms with Gasteiger partial charge in [-0.1, -0.05) is 35.3 Å². The summed E-state index contributed by atoms with van der Waals surface area (Å²) in [4.78, 5) is 6.68. The predicted molar refractivity (Wildman–Crippen MR) is 108 cm³/mol. The minimum Gasteiger partial charge on any atom is -0.392 e. The molecule has 0 saturated carbocycles. The summed E-state index contributed by atoms with van der Waals surface area (Å²) in [5.74, 6) is 0.893. The number of aliphatic hydroxyl groups is 1. The Morgan fingerprint density at radius 3 is 2.70 bits per heavy atom. The maximum absolute atomic E-state index is 10.1. The Hall–Kier alpha value is -1.86. The van der Waals surface area contributed by atoms with E-state index in [0.717, 1.165) is 48.4 Å². The Kier molecular flexibility index (Phi) is 4.76. The lowest BCUT2D eigenvalue weighted by molar-refractivity contribution is 0.282. The first kappa shape index (κ1) is 18.5. The first-order valence-electron chi connectivity index (χ1n) is 8.86. The second-order valence-corrected chi connectivity index (χ2v) is 8.08. The van der Waals surface area contributed by atoms with Gasteiger partial charge in [-0.15, -0.1) is 0 Å². The summed E-state index contributed by atoms with van der Waals surface area (Å²) in [6.07, 6.45) is 3.29. The first-order chi connectivity index (χ1) is 12.9. The van der Waals surface area contributed by atoms with Crippen LogP contribution in [0.25, 0.3) is 16.8 Å². The van der Waals surface area contributed by atoms with E-state index in [-0.39, 0.29) is 12.1 Å². The van der Waals surface area contributed by atoms with Crippen molar-refractivity contribution < 1.29 is 5.11 Å². The van der Waals surface area contributed by atoms with Gasteiger partial charge in [0.25, 0.3) is 0 Å². The summed E-state index contributed by atoms with van der Waals surface area (Å²) in [6, 6.07) is 7.39. The number of anilines is 1. The molecule has 0 bridgehead atoms. The van der Waals surface area contributed by atoms with Crippen LogP contribution < -0.4 is 10.6 Å². The molecule has 0 radical (unpaired) electrons. The molecule has 0 aliphatic carbocycles. The number of rotatable bonds is 3. The van der Waals surface area contributed by atoms with Gasteiger partial charge in [-0.05, 0) is 37.5 Å². The highest BCUT2D eigenvalue weighted by Crippen LogP contribution is 2.39. The van der Waals surface area contributed by atoms with E-state index in [2.05, 4.69) is 21.9 Å². The Bertz CT molecular complexity index is 991. The summed E-state index contributed by atoms with van der Waals surface area (Å²) in [6.45, 7) is 3.59. The van der Waals surface area contributed by atoms with Gasteiger partial charge in [-0.2, -0.15) is 9.61 Å². The normalized spacial score (nSPS) is 16.9. The number of nitrogens with zero attached hydrogens (tertiary/aromatic N) is 4. The minimum absolute atomic E-state index is 0.142. The Balaban J connectivity index is 1.89. The van der Waals surface area contributed by atoms with Crippen LogP contribution >= 0.6 is 23.2 Å². The van der Waals surface area contributed by atoms with Crippen LogP contribution in [0.2, 0.25) is 10.0 Å². The van der Waals surface area contributed by atoms with Gasteiger partial charge in [0.1, 0.15) is 12.1 Å². The fourth-order valence-electron chi connectivity index (χ4n) is 3.60. The smallest absolute Gasteiger partial charge is 0.165 e. The zero-order valence-electron chi connectivity index (χ0n) is 15.0. The molecule has 3 aromatic rings. The predicted octanol–water partition coefficient (Wildman–Crippen LogP) is 3.51. The maximum atomic E-state index is 10.1. The highest BCUT2D eigenvalue weighted by atomic mass is 35.5. The zero-order valence-corrected chi connectivity index (χ0v) is 16.5. The molecule has 8 heteroatoms. The summed E-state index contributed by atoms with van der Waals surface area (Å²) >= 11 is 12.7. The molecule has 0 spiro atoms. The number of hydrogen-bond acceptors (Lipinski definition) is 5. The molecule has 142 valence electrons. The van der Waals surface area contributed by atoms with Crippen LogP contribution in [0.3, 0.4) is 0 Å². The molecule has 27 heavy (non-hydrogen) atoms. The number of hydrogen-bond donors (Lipinski definition) is 2. The lowest BCUT2D eigenvalue weighted by Crippen LogP contribution is -2.48. The van der Waals surface area contributed by atoms with Gasteiger partial charge in [0.2, 0.25) is 0 Å². The molecule has 0 atom stereocenters. The molecule has 3 heterocycles. The van der Waals surface area contributed by atoms with Crippen molar-refractivity contribution in [3.8, 4) is 11.1 Å². The third kappa shape index (κ3) is 3.27. The van der Waals surface area contributed by atoms with E-state index in [1.54, 1.807) is 10.6 Å². The molecule has 1 fully saturated rings. The van der Waals surface area contributed by atoms with Gasteiger partial charge in [0, 0.05) is 29.8 Å². The van der Waals surface area contributed by atoms with Crippen molar-refractivity contribution in [2.45, 2.75) is 31.9 Å². The monoisotopic (exact) mass is 405 g/mol. The highest BCUT2D eigenvalue weighted by molar-refractivity contribution is 6.43. The maximum Gasteiger partial charge on any atom is 0.165 e. The molecule has 1 aliphatic heterocycles. The van der Waals surface area contributed by atoms with Crippen molar-refractivity contribution in [1.82, 2.24) is 14.6 Å². The Labute approximate surface area is 167 Å². The van der Waals surface area contributed by atoms with Crippen molar-refractivity contribution in [3.05, 3.63) is 46.2 Å². The van der Waals surface area contributed by atoms with Crippen molar-refractivity contribution in [2.75, 3.05) is 18.0 Å². The topological polar surface area (TPSA) is 79.7 Å². The quantitative estimate of drug-likeness (QED) is 0.696. The van der Waals surface area contributed by atoms with Gasteiger partial charge < -0.3 is 15.7 Å². The van der Waals surface area contributed by atoms with E-state index in [1.165, 1.54) is 6.33 Å². The molecule has 1 aromatic carbocycles. The lowest BCUT2D eigenvalue weighted by Gasteiger charge is -2.38. The van der Waals surface area contributed by atoms with E-state index in [1.807, 2.05) is 18.2 Å².